The number of esters is 2. The van der Waals surface area contributed by atoms with Crippen LogP contribution >= 0.6 is 0 Å². The summed E-state index contributed by atoms with van der Waals surface area (Å²) in [6.45, 7) is 0. The summed E-state index contributed by atoms with van der Waals surface area (Å²) < 4.78 is 4.50. The summed E-state index contributed by atoms with van der Waals surface area (Å²) in [5, 5.41) is 9.96. The standard InChI is InChI=1S/C13H6O5/c14-11(15)7-3-1-2-6-4-5-8-10(9(6)7)13(17)18-12(8)16/h1-5H,(H,14,15). The van der Waals surface area contributed by atoms with Gasteiger partial charge in [-0.15, -0.1) is 0 Å². The average Bonchev–Trinajstić information content (AvgIpc) is 2.64. The minimum Gasteiger partial charge on any atom is -0.478 e. The lowest BCUT2D eigenvalue weighted by Crippen LogP contribution is -2.02. The van der Waals surface area contributed by atoms with Gasteiger partial charge in [-0.25, -0.2) is 14.4 Å². The van der Waals surface area contributed by atoms with E-state index in [1.54, 1.807) is 18.2 Å². The van der Waals surface area contributed by atoms with E-state index in [4.69, 9.17) is 5.11 Å². The second-order valence-electron chi connectivity index (χ2n) is 3.87. The number of carboxylic acids is 1. The molecule has 5 nitrogen and oxygen atoms in total. The molecule has 1 N–H and O–H groups in total. The van der Waals surface area contributed by atoms with Gasteiger partial charge >= 0.3 is 17.9 Å². The van der Waals surface area contributed by atoms with Gasteiger partial charge < -0.3 is 9.84 Å². The summed E-state index contributed by atoms with van der Waals surface area (Å²) in [4.78, 5) is 34.2. The third-order valence-corrected chi connectivity index (χ3v) is 2.89. The van der Waals surface area contributed by atoms with Gasteiger partial charge in [0.1, 0.15) is 0 Å². The Balaban J connectivity index is 2.52. The van der Waals surface area contributed by atoms with Crippen LogP contribution < -0.4 is 0 Å². The van der Waals surface area contributed by atoms with Crippen molar-refractivity contribution in [1.29, 1.82) is 0 Å². The van der Waals surface area contributed by atoms with Crippen molar-refractivity contribution in [3.05, 3.63) is 47.0 Å². The molecular formula is C13H6O5. The molecule has 0 bridgehead atoms. The normalized spacial score (nSPS) is 13.6. The maximum atomic E-state index is 11.6. The molecule has 1 heterocycles. The van der Waals surface area contributed by atoms with Gasteiger partial charge in [-0.3, -0.25) is 0 Å². The Morgan fingerprint density at radius 2 is 1.83 bits per heavy atom. The van der Waals surface area contributed by atoms with E-state index in [0.717, 1.165) is 0 Å². The van der Waals surface area contributed by atoms with Gasteiger partial charge in [0.25, 0.3) is 0 Å². The molecule has 5 heteroatoms. The number of carbonyl (C=O) groups is 3. The highest BCUT2D eigenvalue weighted by Gasteiger charge is 2.32. The average molecular weight is 242 g/mol. The molecule has 0 unspecified atom stereocenters. The maximum Gasteiger partial charge on any atom is 0.347 e. The number of carbonyl (C=O) groups excluding carboxylic acids is 2. The number of benzene rings is 2. The maximum absolute atomic E-state index is 11.6. The fraction of sp³-hybridized carbons (Fsp3) is 0. The van der Waals surface area contributed by atoms with Gasteiger partial charge in [-0.1, -0.05) is 18.2 Å². The Kier molecular flexibility index (Phi) is 1.98. The van der Waals surface area contributed by atoms with Crippen molar-refractivity contribution in [2.75, 3.05) is 0 Å². The van der Waals surface area contributed by atoms with Gasteiger partial charge in [0.2, 0.25) is 0 Å². The topological polar surface area (TPSA) is 80.7 Å². The predicted octanol–water partition coefficient (Wildman–Crippen LogP) is 1.85. The monoisotopic (exact) mass is 242 g/mol. The van der Waals surface area contributed by atoms with Crippen molar-refractivity contribution in [3.8, 4) is 0 Å². The highest BCUT2D eigenvalue weighted by molar-refractivity contribution is 6.23. The molecule has 88 valence electrons. The molecule has 18 heavy (non-hydrogen) atoms. The zero-order valence-corrected chi connectivity index (χ0v) is 8.97. The van der Waals surface area contributed by atoms with Gasteiger partial charge in [-0.2, -0.15) is 0 Å². The first-order chi connectivity index (χ1) is 8.59. The highest BCUT2D eigenvalue weighted by atomic mass is 16.6. The molecule has 2 aromatic carbocycles. The van der Waals surface area contributed by atoms with E-state index >= 15 is 0 Å². The van der Waals surface area contributed by atoms with E-state index in [-0.39, 0.29) is 22.1 Å². The Morgan fingerprint density at radius 1 is 1.06 bits per heavy atom. The molecular weight excluding hydrogens is 236 g/mol. The van der Waals surface area contributed by atoms with Crippen LogP contribution in [0.15, 0.2) is 30.3 Å². The van der Waals surface area contributed by atoms with Crippen LogP contribution in [0, 0.1) is 0 Å². The van der Waals surface area contributed by atoms with Crippen LogP contribution in [0.2, 0.25) is 0 Å². The van der Waals surface area contributed by atoms with E-state index < -0.39 is 17.9 Å². The second-order valence-corrected chi connectivity index (χ2v) is 3.87. The molecule has 3 rings (SSSR count). The Bertz CT molecular complexity index is 729. The first-order valence-electron chi connectivity index (χ1n) is 5.15. The third-order valence-electron chi connectivity index (χ3n) is 2.89. The van der Waals surface area contributed by atoms with E-state index in [1.165, 1.54) is 12.1 Å². The fourth-order valence-corrected chi connectivity index (χ4v) is 2.13. The van der Waals surface area contributed by atoms with E-state index in [0.29, 0.717) is 5.39 Å². The van der Waals surface area contributed by atoms with Crippen molar-refractivity contribution >= 4 is 28.7 Å². The van der Waals surface area contributed by atoms with Crippen LogP contribution in [0.25, 0.3) is 10.8 Å². The molecule has 0 aliphatic carbocycles. The SMILES string of the molecule is O=C1OC(=O)c2c1ccc1cccc(C(=O)O)c21. The number of hydrogen-bond acceptors (Lipinski definition) is 4. The molecule has 0 atom stereocenters. The van der Waals surface area contributed by atoms with Crippen LogP contribution in [-0.2, 0) is 4.74 Å². The number of aromatic carboxylic acids is 1. The van der Waals surface area contributed by atoms with Gasteiger partial charge in [0, 0.05) is 5.39 Å². The molecule has 0 aromatic heterocycles. The van der Waals surface area contributed by atoms with Crippen molar-refractivity contribution in [2.24, 2.45) is 0 Å². The summed E-state index contributed by atoms with van der Waals surface area (Å²) in [5.74, 6) is -2.69. The first kappa shape index (κ1) is 10.5. The summed E-state index contributed by atoms with van der Waals surface area (Å²) in [6, 6.07) is 7.72. The van der Waals surface area contributed by atoms with Crippen molar-refractivity contribution in [3.63, 3.8) is 0 Å². The van der Waals surface area contributed by atoms with E-state index in [9.17, 15) is 14.4 Å². The molecule has 0 saturated carbocycles. The van der Waals surface area contributed by atoms with E-state index in [2.05, 4.69) is 4.74 Å². The van der Waals surface area contributed by atoms with Crippen LogP contribution in [0.3, 0.4) is 0 Å². The van der Waals surface area contributed by atoms with Crippen LogP contribution in [0.4, 0.5) is 0 Å². The van der Waals surface area contributed by atoms with Crippen LogP contribution in [0.1, 0.15) is 31.1 Å². The number of rotatable bonds is 1. The fourth-order valence-electron chi connectivity index (χ4n) is 2.13. The summed E-state index contributed by atoms with van der Waals surface area (Å²) in [5.41, 5.74) is 0.132. The van der Waals surface area contributed by atoms with Gasteiger partial charge in [0.15, 0.2) is 0 Å². The summed E-state index contributed by atoms with van der Waals surface area (Å²) in [7, 11) is 0. The Labute approximate surface area is 101 Å². The smallest absolute Gasteiger partial charge is 0.347 e. The lowest BCUT2D eigenvalue weighted by Gasteiger charge is -2.04. The molecule has 0 spiro atoms. The minimum atomic E-state index is -1.15. The lowest BCUT2D eigenvalue weighted by atomic mass is 9.96. The van der Waals surface area contributed by atoms with Crippen molar-refractivity contribution in [1.82, 2.24) is 0 Å². The van der Waals surface area contributed by atoms with E-state index in [1.807, 2.05) is 0 Å². The second kappa shape index (κ2) is 3.40. The molecule has 1 aliphatic rings. The number of cyclic esters (lactones) is 2. The minimum absolute atomic E-state index is 0.0176. The first-order valence-corrected chi connectivity index (χ1v) is 5.15. The summed E-state index contributed by atoms with van der Waals surface area (Å²) in [6.07, 6.45) is 0. The molecule has 0 amide bonds. The Morgan fingerprint density at radius 3 is 2.56 bits per heavy atom. The van der Waals surface area contributed by atoms with Gasteiger partial charge in [0.05, 0.1) is 16.7 Å². The predicted molar refractivity (Wildman–Crippen MR) is 60.7 cm³/mol. The number of fused-ring (bicyclic) bond motifs is 3. The lowest BCUT2D eigenvalue weighted by molar-refractivity contribution is 0.0444. The molecule has 0 radical (unpaired) electrons. The largest absolute Gasteiger partial charge is 0.478 e. The number of ether oxygens (including phenoxy) is 1. The van der Waals surface area contributed by atoms with Crippen LogP contribution in [-0.4, -0.2) is 23.0 Å². The molecule has 0 fully saturated rings. The quantitative estimate of drug-likeness (QED) is 0.609. The molecule has 2 aromatic rings. The van der Waals surface area contributed by atoms with Crippen molar-refractivity contribution in [2.45, 2.75) is 0 Å². The highest BCUT2D eigenvalue weighted by Crippen LogP contribution is 2.31. The number of hydrogen-bond donors (Lipinski definition) is 1. The van der Waals surface area contributed by atoms with Crippen molar-refractivity contribution < 1.29 is 24.2 Å². The zero-order chi connectivity index (χ0) is 12.9. The van der Waals surface area contributed by atoms with Gasteiger partial charge in [-0.05, 0) is 17.5 Å². The molecule has 1 aliphatic heterocycles. The number of carboxylic acid groups (broad SMARTS) is 1. The third kappa shape index (κ3) is 1.24. The molecule has 0 saturated heterocycles. The van der Waals surface area contributed by atoms with Crippen LogP contribution in [0.5, 0.6) is 0 Å². The Hall–Kier alpha value is -2.69. The zero-order valence-electron chi connectivity index (χ0n) is 8.97. The summed E-state index contributed by atoms with van der Waals surface area (Å²) >= 11 is 0.